The molecule has 0 saturated carbocycles. The number of quaternary nitrogens is 1. The van der Waals surface area contributed by atoms with Crippen LogP contribution in [0.25, 0.3) is 0 Å². The summed E-state index contributed by atoms with van der Waals surface area (Å²) in [6, 6.07) is 0.899. The highest BCUT2D eigenvalue weighted by molar-refractivity contribution is 4.76. The Balaban J connectivity index is 2.19. The Morgan fingerprint density at radius 1 is 0.765 bits per heavy atom. The molecule has 0 aliphatic carbocycles. The lowest BCUT2D eigenvalue weighted by Gasteiger charge is -2.43. The van der Waals surface area contributed by atoms with Crippen LogP contribution >= 0.6 is 0 Å². The number of hydrogen-bond acceptors (Lipinski definition) is 0. The van der Waals surface area contributed by atoms with E-state index in [-0.39, 0.29) is 0 Å². The molecular weight excluding hydrogens is 206 g/mol. The van der Waals surface area contributed by atoms with Crippen LogP contribution in [0.3, 0.4) is 0 Å². The molecule has 0 N–H and O–H groups in total. The monoisotopic (exact) mass is 238 g/mol. The summed E-state index contributed by atoms with van der Waals surface area (Å²) in [5, 5.41) is 0. The Hall–Kier alpha value is -0.0400. The van der Waals surface area contributed by atoms with Gasteiger partial charge < -0.3 is 4.48 Å². The molecule has 0 bridgehead atoms. The average molecular weight is 238 g/mol. The van der Waals surface area contributed by atoms with Gasteiger partial charge in [0.25, 0.3) is 0 Å². The Kier molecular flexibility index (Phi) is 4.18. The summed E-state index contributed by atoms with van der Waals surface area (Å²) < 4.78 is 1.45. The third kappa shape index (κ3) is 2.70. The van der Waals surface area contributed by atoms with Crippen LogP contribution in [-0.2, 0) is 0 Å². The summed E-state index contributed by atoms with van der Waals surface area (Å²) in [7, 11) is 0. The molecule has 2 aliphatic rings. The van der Waals surface area contributed by atoms with E-state index in [0.29, 0.717) is 0 Å². The van der Waals surface area contributed by atoms with E-state index in [1.54, 1.807) is 0 Å². The van der Waals surface area contributed by atoms with Crippen LogP contribution in [0, 0.1) is 17.8 Å². The third-order valence-corrected chi connectivity index (χ3v) is 6.05. The topological polar surface area (TPSA) is 0 Å². The maximum absolute atomic E-state index is 2.53. The fourth-order valence-corrected chi connectivity index (χ4v) is 4.40. The molecule has 0 amide bonds. The van der Waals surface area contributed by atoms with Crippen molar-refractivity contribution in [1.82, 2.24) is 0 Å². The molecule has 1 nitrogen and oxygen atoms in total. The third-order valence-electron chi connectivity index (χ3n) is 6.05. The molecule has 4 unspecified atom stereocenters. The number of hydrogen-bond donors (Lipinski definition) is 0. The highest BCUT2D eigenvalue weighted by Gasteiger charge is 2.41. The summed E-state index contributed by atoms with van der Waals surface area (Å²) in [6.45, 7) is 14.4. The number of rotatable bonds is 0. The smallest absolute Gasteiger partial charge is 0.0864 e. The van der Waals surface area contributed by atoms with Crippen LogP contribution in [0.1, 0.15) is 59.8 Å². The SMILES string of the molecule is CC1CC(C)[N+]2(CCCCCC2)CC(C)C1C. The summed E-state index contributed by atoms with van der Waals surface area (Å²) in [5.41, 5.74) is 0. The van der Waals surface area contributed by atoms with E-state index in [2.05, 4.69) is 27.7 Å². The maximum Gasteiger partial charge on any atom is 0.0864 e. The van der Waals surface area contributed by atoms with Crippen LogP contribution in [0.5, 0.6) is 0 Å². The first-order valence-electron chi connectivity index (χ1n) is 7.91. The van der Waals surface area contributed by atoms with Gasteiger partial charge in [-0.3, -0.25) is 0 Å². The summed E-state index contributed by atoms with van der Waals surface area (Å²) >= 11 is 0. The van der Waals surface area contributed by atoms with E-state index in [0.717, 1.165) is 23.8 Å². The van der Waals surface area contributed by atoms with E-state index in [1.807, 2.05) is 0 Å². The minimum Gasteiger partial charge on any atom is -0.321 e. The summed E-state index contributed by atoms with van der Waals surface area (Å²) in [6.07, 6.45) is 7.35. The van der Waals surface area contributed by atoms with Crippen molar-refractivity contribution < 1.29 is 4.48 Å². The van der Waals surface area contributed by atoms with Gasteiger partial charge in [-0.15, -0.1) is 0 Å². The van der Waals surface area contributed by atoms with E-state index in [9.17, 15) is 0 Å². The largest absolute Gasteiger partial charge is 0.321 e. The Morgan fingerprint density at radius 3 is 1.94 bits per heavy atom. The van der Waals surface area contributed by atoms with Gasteiger partial charge in [0.1, 0.15) is 0 Å². The van der Waals surface area contributed by atoms with Crippen molar-refractivity contribution in [1.29, 1.82) is 0 Å². The van der Waals surface area contributed by atoms with Crippen molar-refractivity contribution in [2.75, 3.05) is 19.6 Å². The lowest BCUT2D eigenvalue weighted by molar-refractivity contribution is -0.950. The normalized spacial score (nSPS) is 43.1. The lowest BCUT2D eigenvalue weighted by Crippen LogP contribution is -2.56. The van der Waals surface area contributed by atoms with Gasteiger partial charge in [0, 0.05) is 12.3 Å². The first kappa shape index (κ1) is 13.4. The van der Waals surface area contributed by atoms with Crippen LogP contribution in [0.2, 0.25) is 0 Å². The van der Waals surface area contributed by atoms with E-state index in [4.69, 9.17) is 0 Å². The van der Waals surface area contributed by atoms with Crippen LogP contribution in [0.15, 0.2) is 0 Å². The zero-order valence-corrected chi connectivity index (χ0v) is 12.4. The second-order valence-electron chi connectivity index (χ2n) is 7.16. The quantitative estimate of drug-likeness (QED) is 0.558. The minimum absolute atomic E-state index is 0.899. The molecular formula is C16H32N+. The van der Waals surface area contributed by atoms with Crippen molar-refractivity contribution in [3.63, 3.8) is 0 Å². The molecule has 17 heavy (non-hydrogen) atoms. The fraction of sp³-hybridized carbons (Fsp3) is 1.00. The highest BCUT2D eigenvalue weighted by atomic mass is 15.4. The van der Waals surface area contributed by atoms with Gasteiger partial charge in [-0.1, -0.05) is 20.8 Å². The van der Waals surface area contributed by atoms with Crippen molar-refractivity contribution in [3.05, 3.63) is 0 Å². The van der Waals surface area contributed by atoms with Gasteiger partial charge in [0.2, 0.25) is 0 Å². The molecule has 2 saturated heterocycles. The van der Waals surface area contributed by atoms with Crippen molar-refractivity contribution in [3.8, 4) is 0 Å². The molecule has 0 aromatic carbocycles. The van der Waals surface area contributed by atoms with Crippen molar-refractivity contribution in [2.24, 2.45) is 17.8 Å². The zero-order chi connectivity index (χ0) is 12.5. The second-order valence-corrected chi connectivity index (χ2v) is 7.16. The van der Waals surface area contributed by atoms with Gasteiger partial charge in [0.15, 0.2) is 0 Å². The van der Waals surface area contributed by atoms with Gasteiger partial charge in [-0.2, -0.15) is 0 Å². The van der Waals surface area contributed by atoms with Gasteiger partial charge in [0.05, 0.1) is 25.7 Å². The van der Waals surface area contributed by atoms with Gasteiger partial charge >= 0.3 is 0 Å². The molecule has 0 radical (unpaired) electrons. The molecule has 100 valence electrons. The minimum atomic E-state index is 0.899. The standard InChI is InChI=1S/C16H32N/c1-13-11-15(3)17(12-14(2)16(13)4)9-7-5-6-8-10-17/h13-16H,5-12H2,1-4H3/q+1. The molecule has 0 aromatic rings. The Labute approximate surface area is 108 Å². The van der Waals surface area contributed by atoms with Crippen LogP contribution in [-0.4, -0.2) is 30.2 Å². The number of nitrogens with zero attached hydrogens (tertiary/aromatic N) is 1. The summed E-state index contributed by atoms with van der Waals surface area (Å²) in [5.74, 6) is 2.74. The van der Waals surface area contributed by atoms with Crippen molar-refractivity contribution >= 4 is 0 Å². The lowest BCUT2D eigenvalue weighted by atomic mass is 9.84. The van der Waals surface area contributed by atoms with Crippen LogP contribution in [0.4, 0.5) is 0 Å². The van der Waals surface area contributed by atoms with Gasteiger partial charge in [-0.25, -0.2) is 0 Å². The first-order chi connectivity index (χ1) is 8.05. The first-order valence-corrected chi connectivity index (χ1v) is 7.91. The predicted octanol–water partition coefficient (Wildman–Crippen LogP) is 4.08. The molecule has 2 fully saturated rings. The molecule has 1 heteroatoms. The molecule has 0 aromatic heterocycles. The van der Waals surface area contributed by atoms with E-state index >= 15 is 0 Å². The maximum atomic E-state index is 2.53. The average Bonchev–Trinajstić information content (AvgIpc) is 2.57. The van der Waals surface area contributed by atoms with E-state index in [1.165, 1.54) is 56.2 Å². The second kappa shape index (κ2) is 5.30. The highest BCUT2D eigenvalue weighted by Crippen LogP contribution is 2.36. The molecule has 2 heterocycles. The molecule has 4 atom stereocenters. The zero-order valence-electron chi connectivity index (χ0n) is 12.4. The Bertz CT molecular complexity index is 240. The fourth-order valence-electron chi connectivity index (χ4n) is 4.40. The molecule has 2 rings (SSSR count). The molecule has 1 spiro atoms. The van der Waals surface area contributed by atoms with Crippen molar-refractivity contribution in [2.45, 2.75) is 65.8 Å². The van der Waals surface area contributed by atoms with Gasteiger partial charge in [-0.05, 0) is 44.4 Å². The van der Waals surface area contributed by atoms with Crippen LogP contribution < -0.4 is 0 Å². The predicted molar refractivity (Wildman–Crippen MR) is 74.9 cm³/mol. The Morgan fingerprint density at radius 2 is 1.35 bits per heavy atom. The summed E-state index contributed by atoms with van der Waals surface area (Å²) in [4.78, 5) is 0. The van der Waals surface area contributed by atoms with E-state index < -0.39 is 0 Å². The molecule has 2 aliphatic heterocycles.